The summed E-state index contributed by atoms with van der Waals surface area (Å²) in [5, 5.41) is 8.32. The molecule has 13 heteroatoms. The molecule has 2 rings (SSSR count). The first-order valence-electron chi connectivity index (χ1n) is 15.1. The van der Waals surface area contributed by atoms with Crippen molar-refractivity contribution in [3.63, 3.8) is 0 Å². The summed E-state index contributed by atoms with van der Waals surface area (Å²) in [5.41, 5.74) is 4.06. The molecule has 0 spiro atoms. The smallest absolute Gasteiger partial charge is 0.411 e. The quantitative estimate of drug-likeness (QED) is 0.137. The van der Waals surface area contributed by atoms with Gasteiger partial charge in [0.15, 0.2) is 0 Å². The van der Waals surface area contributed by atoms with Crippen molar-refractivity contribution in [3.8, 4) is 0 Å². The highest BCUT2D eigenvalue weighted by molar-refractivity contribution is 5.92. The standard InChI is InChI=1S/C32H49N3O10/c1-26-5-4-6-28(23-26)25-33-31(36)35-30-24-29(8-7-27(30)2)34-32(37)45-22-21-44-20-19-43-18-17-42-16-15-41-14-13-40-12-11-39-10-9-38-3/h4-8,23-24H,9-22,25H2,1-3H3,(H,34,37)(H2,33,35,36). The third kappa shape index (κ3) is 19.6. The van der Waals surface area contributed by atoms with Gasteiger partial charge < -0.3 is 48.5 Å². The first-order chi connectivity index (χ1) is 22.0. The number of ether oxygens (including phenoxy) is 8. The first-order valence-corrected chi connectivity index (χ1v) is 15.1. The van der Waals surface area contributed by atoms with Crippen molar-refractivity contribution in [1.29, 1.82) is 0 Å². The van der Waals surface area contributed by atoms with E-state index in [0.29, 0.717) is 97.2 Å². The van der Waals surface area contributed by atoms with Crippen molar-refractivity contribution in [2.45, 2.75) is 20.4 Å². The first kappa shape index (κ1) is 37.9. The van der Waals surface area contributed by atoms with E-state index in [9.17, 15) is 9.59 Å². The van der Waals surface area contributed by atoms with Crippen LogP contribution in [0.2, 0.25) is 0 Å². The Bertz CT molecular complexity index is 1090. The summed E-state index contributed by atoms with van der Waals surface area (Å²) in [6.07, 6.45) is -0.620. The molecule has 0 fully saturated rings. The lowest BCUT2D eigenvalue weighted by atomic mass is 10.1. The summed E-state index contributed by atoms with van der Waals surface area (Å²) in [6.45, 7) is 10.4. The van der Waals surface area contributed by atoms with E-state index in [-0.39, 0.29) is 19.2 Å². The fraction of sp³-hybridized carbons (Fsp3) is 0.562. The lowest BCUT2D eigenvalue weighted by Gasteiger charge is -2.13. The molecular formula is C32H49N3O10. The van der Waals surface area contributed by atoms with E-state index in [1.165, 1.54) is 0 Å². The average Bonchev–Trinajstić information content (AvgIpc) is 3.02. The maximum atomic E-state index is 12.4. The number of hydrogen-bond acceptors (Lipinski definition) is 10. The molecule has 0 saturated heterocycles. The fourth-order valence-electron chi connectivity index (χ4n) is 3.70. The van der Waals surface area contributed by atoms with Crippen molar-refractivity contribution in [3.05, 3.63) is 59.2 Å². The van der Waals surface area contributed by atoms with Crippen molar-refractivity contribution in [2.75, 3.05) is 110 Å². The summed E-state index contributed by atoms with van der Waals surface area (Å²) < 4.78 is 42.5. The Morgan fingerprint density at radius 2 is 1.16 bits per heavy atom. The summed E-state index contributed by atoms with van der Waals surface area (Å²) >= 11 is 0. The van der Waals surface area contributed by atoms with Crippen LogP contribution in [-0.2, 0) is 44.4 Å². The molecule has 0 atom stereocenters. The number of nitrogens with one attached hydrogen (secondary N) is 3. The lowest BCUT2D eigenvalue weighted by Crippen LogP contribution is -2.28. The molecule has 252 valence electrons. The van der Waals surface area contributed by atoms with Gasteiger partial charge in [-0.2, -0.15) is 0 Å². The van der Waals surface area contributed by atoms with Crippen molar-refractivity contribution < 1.29 is 47.5 Å². The molecular weight excluding hydrogens is 586 g/mol. The molecule has 0 aromatic heterocycles. The summed E-state index contributed by atoms with van der Waals surface area (Å²) in [7, 11) is 1.64. The molecule has 3 N–H and O–H groups in total. The van der Waals surface area contributed by atoms with Gasteiger partial charge in [-0.05, 0) is 37.1 Å². The topological polar surface area (TPSA) is 144 Å². The van der Waals surface area contributed by atoms with E-state index >= 15 is 0 Å². The molecule has 0 aliphatic heterocycles. The van der Waals surface area contributed by atoms with Gasteiger partial charge in [-0.3, -0.25) is 5.32 Å². The molecule has 13 nitrogen and oxygen atoms in total. The Morgan fingerprint density at radius 1 is 0.622 bits per heavy atom. The van der Waals surface area contributed by atoms with E-state index < -0.39 is 6.09 Å². The molecule has 0 aliphatic rings. The Morgan fingerprint density at radius 3 is 1.69 bits per heavy atom. The summed E-state index contributed by atoms with van der Waals surface area (Å²) in [4.78, 5) is 24.6. The highest BCUT2D eigenvalue weighted by Crippen LogP contribution is 2.20. The fourth-order valence-corrected chi connectivity index (χ4v) is 3.70. The third-order valence-corrected chi connectivity index (χ3v) is 6.02. The van der Waals surface area contributed by atoms with Crippen molar-refractivity contribution in [1.82, 2.24) is 5.32 Å². The number of rotatable bonds is 25. The van der Waals surface area contributed by atoms with E-state index in [4.69, 9.17) is 37.9 Å². The minimum atomic E-state index is -0.620. The van der Waals surface area contributed by atoms with Crippen LogP contribution in [0.3, 0.4) is 0 Å². The van der Waals surface area contributed by atoms with Crippen LogP contribution in [0.15, 0.2) is 42.5 Å². The SMILES string of the molecule is COCCOCCOCCOCCOCCOCCOCCOC(=O)Nc1ccc(C)c(NC(=O)NCc2cccc(C)c2)c1. The zero-order valence-electron chi connectivity index (χ0n) is 26.7. The predicted octanol–water partition coefficient (Wildman–Crippen LogP) is 3.92. The molecule has 2 aromatic rings. The van der Waals surface area contributed by atoms with Gasteiger partial charge in [0.05, 0.1) is 85.9 Å². The Balaban J connectivity index is 1.41. The van der Waals surface area contributed by atoms with Crippen LogP contribution in [0.1, 0.15) is 16.7 Å². The molecule has 2 aromatic carbocycles. The Labute approximate surface area is 266 Å². The van der Waals surface area contributed by atoms with Crippen LogP contribution >= 0.6 is 0 Å². The average molecular weight is 636 g/mol. The van der Waals surface area contributed by atoms with Gasteiger partial charge in [0.25, 0.3) is 0 Å². The monoisotopic (exact) mass is 635 g/mol. The molecule has 0 aliphatic carbocycles. The second kappa shape index (κ2) is 25.0. The molecule has 0 unspecified atom stereocenters. The van der Waals surface area contributed by atoms with Crippen molar-refractivity contribution in [2.24, 2.45) is 0 Å². The van der Waals surface area contributed by atoms with Gasteiger partial charge in [-0.25, -0.2) is 9.59 Å². The van der Waals surface area contributed by atoms with E-state index in [2.05, 4.69) is 16.0 Å². The largest absolute Gasteiger partial charge is 0.447 e. The van der Waals surface area contributed by atoms with Crippen LogP contribution in [0, 0.1) is 13.8 Å². The van der Waals surface area contributed by atoms with E-state index in [1.54, 1.807) is 25.3 Å². The zero-order chi connectivity index (χ0) is 32.4. The van der Waals surface area contributed by atoms with Gasteiger partial charge in [-0.1, -0.05) is 35.9 Å². The Kier molecular flexibility index (Phi) is 21.0. The summed E-state index contributed by atoms with van der Waals surface area (Å²) in [6, 6.07) is 12.8. The normalized spacial score (nSPS) is 10.9. The second-order valence-electron chi connectivity index (χ2n) is 9.75. The second-order valence-corrected chi connectivity index (χ2v) is 9.75. The van der Waals surface area contributed by atoms with Crippen LogP contribution < -0.4 is 16.0 Å². The molecule has 0 saturated carbocycles. The van der Waals surface area contributed by atoms with Gasteiger partial charge in [0.1, 0.15) is 6.61 Å². The maximum Gasteiger partial charge on any atom is 0.411 e. The van der Waals surface area contributed by atoms with E-state index in [0.717, 1.165) is 16.7 Å². The van der Waals surface area contributed by atoms with Crippen LogP contribution in [-0.4, -0.2) is 112 Å². The van der Waals surface area contributed by atoms with E-state index in [1.807, 2.05) is 38.1 Å². The minimum Gasteiger partial charge on any atom is -0.447 e. The number of anilines is 2. The van der Waals surface area contributed by atoms with Gasteiger partial charge >= 0.3 is 12.1 Å². The Hall–Kier alpha value is -3.30. The van der Waals surface area contributed by atoms with Crippen LogP contribution in [0.5, 0.6) is 0 Å². The van der Waals surface area contributed by atoms with Gasteiger partial charge in [0, 0.05) is 25.0 Å². The third-order valence-electron chi connectivity index (χ3n) is 6.02. The lowest BCUT2D eigenvalue weighted by molar-refractivity contribution is -0.0204. The van der Waals surface area contributed by atoms with Gasteiger partial charge in [0.2, 0.25) is 0 Å². The number of amides is 3. The van der Waals surface area contributed by atoms with Gasteiger partial charge in [-0.15, -0.1) is 0 Å². The number of hydrogen-bond donors (Lipinski definition) is 3. The molecule has 45 heavy (non-hydrogen) atoms. The highest BCUT2D eigenvalue weighted by Gasteiger charge is 2.09. The molecule has 0 heterocycles. The molecule has 3 amide bonds. The van der Waals surface area contributed by atoms with Crippen LogP contribution in [0.4, 0.5) is 21.0 Å². The number of methoxy groups -OCH3 is 1. The molecule has 0 bridgehead atoms. The number of urea groups is 1. The predicted molar refractivity (Wildman–Crippen MR) is 170 cm³/mol. The molecule has 0 radical (unpaired) electrons. The zero-order valence-corrected chi connectivity index (χ0v) is 26.7. The summed E-state index contributed by atoms with van der Waals surface area (Å²) in [5.74, 6) is 0. The van der Waals surface area contributed by atoms with Crippen molar-refractivity contribution >= 4 is 23.5 Å². The van der Waals surface area contributed by atoms with Crippen LogP contribution in [0.25, 0.3) is 0 Å². The maximum absolute atomic E-state index is 12.4. The number of carbonyl (C=O) groups excluding carboxylic acids is 2. The minimum absolute atomic E-state index is 0.0838. The number of aryl methyl sites for hydroxylation is 2. The number of benzene rings is 2. The highest BCUT2D eigenvalue weighted by atomic mass is 16.6. The number of carbonyl (C=O) groups is 2.